The summed E-state index contributed by atoms with van der Waals surface area (Å²) in [6.07, 6.45) is 2.75. The first-order valence-electron chi connectivity index (χ1n) is 4.69. The van der Waals surface area contributed by atoms with Gasteiger partial charge in [-0.05, 0) is 31.4 Å². The van der Waals surface area contributed by atoms with Gasteiger partial charge in [0.25, 0.3) is 0 Å². The van der Waals surface area contributed by atoms with Crippen LogP contribution >= 0.6 is 23.2 Å². The van der Waals surface area contributed by atoms with Crippen LogP contribution in [0.5, 0.6) is 0 Å². The smallest absolute Gasteiger partial charge is 0.224 e. The van der Waals surface area contributed by atoms with Crippen LogP contribution in [0.2, 0.25) is 10.3 Å². The summed E-state index contributed by atoms with van der Waals surface area (Å²) in [5.41, 5.74) is 0. The Morgan fingerprint density at radius 3 is 2.93 bits per heavy atom. The Bertz CT molecular complexity index is 320. The van der Waals surface area contributed by atoms with Gasteiger partial charge in [-0.2, -0.15) is 4.98 Å². The highest BCUT2D eigenvalue weighted by Gasteiger charge is 2.03. The van der Waals surface area contributed by atoms with Crippen molar-refractivity contribution >= 4 is 29.0 Å². The molecule has 0 spiro atoms. The first kappa shape index (κ1) is 12.5. The van der Waals surface area contributed by atoms with Crippen molar-refractivity contribution in [3.05, 3.63) is 16.5 Å². The van der Waals surface area contributed by atoms with Gasteiger partial charge in [0.05, 0.1) is 12.3 Å². The van der Waals surface area contributed by atoms with Gasteiger partial charge in [0.1, 0.15) is 10.8 Å². The molecule has 84 valence electrons. The Morgan fingerprint density at radius 2 is 2.27 bits per heavy atom. The second-order valence-corrected chi connectivity index (χ2v) is 4.00. The van der Waals surface area contributed by atoms with Crippen molar-refractivity contribution in [3.8, 4) is 0 Å². The standard InChI is InChI=1S/C9H13Cl2N3O/c1-6(15)3-2-4-12-8-7(10)5-13-9(11)14-8/h5-6,15H,2-4H2,1H3,(H,12,13,14). The number of rotatable bonds is 5. The Balaban J connectivity index is 2.40. The van der Waals surface area contributed by atoms with Crippen LogP contribution in [0.3, 0.4) is 0 Å². The van der Waals surface area contributed by atoms with Crippen molar-refractivity contribution < 1.29 is 5.11 Å². The zero-order valence-electron chi connectivity index (χ0n) is 8.37. The number of aliphatic hydroxyl groups excluding tert-OH is 1. The molecule has 0 bridgehead atoms. The third-order valence-corrected chi connectivity index (χ3v) is 2.26. The topological polar surface area (TPSA) is 58.0 Å². The lowest BCUT2D eigenvalue weighted by atomic mass is 10.2. The van der Waals surface area contributed by atoms with Gasteiger partial charge in [0.2, 0.25) is 5.28 Å². The third-order valence-electron chi connectivity index (χ3n) is 1.81. The number of anilines is 1. The Hall–Kier alpha value is -0.580. The van der Waals surface area contributed by atoms with Crippen LogP contribution in [0.15, 0.2) is 6.20 Å². The SMILES string of the molecule is CC(O)CCCNc1nc(Cl)ncc1Cl. The normalized spacial score (nSPS) is 12.5. The first-order chi connectivity index (χ1) is 7.09. The molecule has 4 nitrogen and oxygen atoms in total. The molecule has 1 heterocycles. The molecular weight excluding hydrogens is 237 g/mol. The van der Waals surface area contributed by atoms with Crippen LogP contribution in [0.4, 0.5) is 5.82 Å². The zero-order chi connectivity index (χ0) is 11.3. The molecule has 0 aliphatic carbocycles. The fourth-order valence-electron chi connectivity index (χ4n) is 1.07. The van der Waals surface area contributed by atoms with Crippen LogP contribution in [-0.4, -0.2) is 27.7 Å². The molecule has 1 aromatic heterocycles. The summed E-state index contributed by atoms with van der Waals surface area (Å²) in [5.74, 6) is 0.530. The van der Waals surface area contributed by atoms with Gasteiger partial charge in [-0.15, -0.1) is 0 Å². The lowest BCUT2D eigenvalue weighted by molar-refractivity contribution is 0.183. The zero-order valence-corrected chi connectivity index (χ0v) is 9.89. The highest BCUT2D eigenvalue weighted by molar-refractivity contribution is 6.33. The van der Waals surface area contributed by atoms with Crippen molar-refractivity contribution in [1.82, 2.24) is 9.97 Å². The number of hydrogen-bond donors (Lipinski definition) is 2. The number of aromatic nitrogens is 2. The van der Waals surface area contributed by atoms with Crippen molar-refractivity contribution in [2.24, 2.45) is 0 Å². The maximum absolute atomic E-state index is 9.05. The van der Waals surface area contributed by atoms with E-state index in [-0.39, 0.29) is 11.4 Å². The Kier molecular flexibility index (Phi) is 5.08. The third kappa shape index (κ3) is 4.64. The maximum atomic E-state index is 9.05. The quantitative estimate of drug-likeness (QED) is 0.622. The molecule has 1 aromatic rings. The van der Waals surface area contributed by atoms with Gasteiger partial charge in [-0.3, -0.25) is 0 Å². The minimum absolute atomic E-state index is 0.164. The molecule has 0 aliphatic rings. The van der Waals surface area contributed by atoms with Crippen LogP contribution in [-0.2, 0) is 0 Å². The monoisotopic (exact) mass is 249 g/mol. The van der Waals surface area contributed by atoms with Crippen LogP contribution in [0, 0.1) is 0 Å². The molecule has 0 saturated carbocycles. The summed E-state index contributed by atoms with van der Waals surface area (Å²) < 4.78 is 0. The van der Waals surface area contributed by atoms with Crippen molar-refractivity contribution in [3.63, 3.8) is 0 Å². The highest BCUT2D eigenvalue weighted by atomic mass is 35.5. The predicted molar refractivity (Wildman–Crippen MR) is 61.5 cm³/mol. The van der Waals surface area contributed by atoms with Crippen LogP contribution in [0.1, 0.15) is 19.8 Å². The summed E-state index contributed by atoms with van der Waals surface area (Å²) in [4.78, 5) is 7.68. The van der Waals surface area contributed by atoms with Crippen LogP contribution < -0.4 is 5.32 Å². The van der Waals surface area contributed by atoms with E-state index in [1.54, 1.807) is 6.92 Å². The average molecular weight is 250 g/mol. The molecule has 1 atom stereocenters. The Labute approximate surface area is 98.6 Å². The minimum atomic E-state index is -0.281. The van der Waals surface area contributed by atoms with E-state index in [9.17, 15) is 0 Å². The summed E-state index contributed by atoms with van der Waals surface area (Å²) in [6.45, 7) is 2.45. The lowest BCUT2D eigenvalue weighted by Gasteiger charge is -2.07. The van der Waals surface area contributed by atoms with Gasteiger partial charge >= 0.3 is 0 Å². The van der Waals surface area contributed by atoms with E-state index in [0.717, 1.165) is 12.8 Å². The molecule has 2 N–H and O–H groups in total. The predicted octanol–water partition coefficient (Wildman–Crippen LogP) is 2.36. The molecule has 0 fully saturated rings. The van der Waals surface area contributed by atoms with E-state index in [0.29, 0.717) is 17.4 Å². The fraction of sp³-hybridized carbons (Fsp3) is 0.556. The minimum Gasteiger partial charge on any atom is -0.393 e. The second kappa shape index (κ2) is 6.10. The summed E-state index contributed by atoms with van der Waals surface area (Å²) in [7, 11) is 0. The van der Waals surface area contributed by atoms with Crippen molar-refractivity contribution in [2.45, 2.75) is 25.9 Å². The fourth-order valence-corrected chi connectivity index (χ4v) is 1.37. The van der Waals surface area contributed by atoms with Gasteiger partial charge in [-0.1, -0.05) is 11.6 Å². The second-order valence-electron chi connectivity index (χ2n) is 3.25. The Morgan fingerprint density at radius 1 is 1.53 bits per heavy atom. The van der Waals surface area contributed by atoms with E-state index >= 15 is 0 Å². The van der Waals surface area contributed by atoms with Gasteiger partial charge < -0.3 is 10.4 Å². The van der Waals surface area contributed by atoms with E-state index in [2.05, 4.69) is 15.3 Å². The molecule has 0 aliphatic heterocycles. The van der Waals surface area contributed by atoms with E-state index in [4.69, 9.17) is 28.3 Å². The lowest BCUT2D eigenvalue weighted by Crippen LogP contribution is -2.08. The van der Waals surface area contributed by atoms with E-state index in [1.807, 2.05) is 0 Å². The average Bonchev–Trinajstić information content (AvgIpc) is 2.17. The number of hydrogen-bond acceptors (Lipinski definition) is 4. The molecule has 15 heavy (non-hydrogen) atoms. The van der Waals surface area contributed by atoms with E-state index < -0.39 is 0 Å². The highest BCUT2D eigenvalue weighted by Crippen LogP contribution is 2.19. The molecule has 0 radical (unpaired) electrons. The molecule has 0 saturated heterocycles. The number of nitrogens with one attached hydrogen (secondary N) is 1. The van der Waals surface area contributed by atoms with Gasteiger partial charge in [0, 0.05) is 6.54 Å². The maximum Gasteiger partial charge on any atom is 0.224 e. The number of aliphatic hydroxyl groups is 1. The summed E-state index contributed by atoms with van der Waals surface area (Å²) in [5, 5.41) is 12.7. The number of halogens is 2. The van der Waals surface area contributed by atoms with Crippen molar-refractivity contribution in [1.29, 1.82) is 0 Å². The van der Waals surface area contributed by atoms with Crippen molar-refractivity contribution in [2.75, 3.05) is 11.9 Å². The van der Waals surface area contributed by atoms with Gasteiger partial charge in [0.15, 0.2) is 0 Å². The molecular formula is C9H13Cl2N3O. The molecule has 0 amide bonds. The van der Waals surface area contributed by atoms with E-state index in [1.165, 1.54) is 6.20 Å². The number of nitrogens with zero attached hydrogens (tertiary/aromatic N) is 2. The largest absolute Gasteiger partial charge is 0.393 e. The summed E-state index contributed by atoms with van der Waals surface area (Å²) >= 11 is 11.5. The molecule has 1 rings (SSSR count). The molecule has 1 unspecified atom stereocenters. The molecule has 0 aromatic carbocycles. The molecule has 6 heteroatoms. The first-order valence-corrected chi connectivity index (χ1v) is 5.45. The summed E-state index contributed by atoms with van der Waals surface area (Å²) in [6, 6.07) is 0. The van der Waals surface area contributed by atoms with Gasteiger partial charge in [-0.25, -0.2) is 4.98 Å². The van der Waals surface area contributed by atoms with Crippen LogP contribution in [0.25, 0.3) is 0 Å².